The molecule has 0 amide bonds. The Morgan fingerprint density at radius 2 is 1.17 bits per heavy atom. The quantitative estimate of drug-likeness (QED) is 0.373. The molecule has 23 heavy (non-hydrogen) atoms. The molecule has 0 bridgehead atoms. The highest BCUT2D eigenvalue weighted by atomic mass is 28.4. The third kappa shape index (κ3) is 4.93. The second-order valence-electron chi connectivity index (χ2n) is 8.93. The van der Waals surface area contributed by atoms with E-state index >= 15 is 0 Å². The van der Waals surface area contributed by atoms with Crippen LogP contribution >= 0.6 is 0 Å². The molecule has 1 nitrogen and oxygen atoms in total. The van der Waals surface area contributed by atoms with Crippen LogP contribution in [0.1, 0.15) is 52.4 Å². The lowest BCUT2D eigenvalue weighted by Crippen LogP contribution is -2.51. The highest BCUT2D eigenvalue weighted by Crippen LogP contribution is 2.42. The predicted octanol–water partition coefficient (Wildman–Crippen LogP) is 6.91. The van der Waals surface area contributed by atoms with Gasteiger partial charge in [-0.05, 0) is 87.6 Å². The second-order valence-corrected chi connectivity index (χ2v) is 18.0. The first-order chi connectivity index (χ1) is 10.7. The maximum atomic E-state index is 7.07. The third-order valence-corrected chi connectivity index (χ3v) is 16.0. The van der Waals surface area contributed by atoms with Gasteiger partial charge in [-0.15, -0.1) is 0 Å². The van der Waals surface area contributed by atoms with Crippen molar-refractivity contribution in [3.63, 3.8) is 0 Å². The van der Waals surface area contributed by atoms with Gasteiger partial charge in [0, 0.05) is 0 Å². The fourth-order valence-corrected chi connectivity index (χ4v) is 13.9. The first kappa shape index (κ1) is 19.2. The van der Waals surface area contributed by atoms with Crippen LogP contribution in [0.2, 0.25) is 37.3 Å². The summed E-state index contributed by atoms with van der Waals surface area (Å²) in [5.41, 5.74) is 1.44. The van der Waals surface area contributed by atoms with Crippen LogP contribution in [0.5, 0.6) is 0 Å². The molecular weight excluding hydrogens is 312 g/mol. The van der Waals surface area contributed by atoms with Crippen molar-refractivity contribution >= 4 is 16.6 Å². The Kier molecular flexibility index (Phi) is 6.54. The normalized spacial score (nSPS) is 28.6. The summed E-state index contributed by atoms with van der Waals surface area (Å²) in [5, 5.41) is 0. The zero-order chi connectivity index (χ0) is 17.1. The summed E-state index contributed by atoms with van der Waals surface area (Å²) < 4.78 is 7.07. The topological polar surface area (TPSA) is 9.23 Å². The lowest BCUT2D eigenvalue weighted by atomic mass is 9.93. The summed E-state index contributed by atoms with van der Waals surface area (Å²) in [6.45, 7) is 14.8. The van der Waals surface area contributed by atoms with Crippen molar-refractivity contribution in [1.29, 1.82) is 0 Å². The molecule has 0 aromatic carbocycles. The van der Waals surface area contributed by atoms with Gasteiger partial charge < -0.3 is 4.12 Å². The first-order valence-electron chi connectivity index (χ1n) is 9.77. The smallest absolute Gasteiger partial charge is 0.176 e. The van der Waals surface area contributed by atoms with Gasteiger partial charge in [0.15, 0.2) is 16.6 Å². The lowest BCUT2D eigenvalue weighted by Gasteiger charge is -2.44. The molecule has 0 aromatic rings. The van der Waals surface area contributed by atoms with Crippen LogP contribution in [0, 0.1) is 11.8 Å². The van der Waals surface area contributed by atoms with Crippen LogP contribution in [-0.4, -0.2) is 16.6 Å². The van der Waals surface area contributed by atoms with Gasteiger partial charge in [0.1, 0.15) is 0 Å². The Balaban J connectivity index is 2.04. The van der Waals surface area contributed by atoms with E-state index in [1.54, 1.807) is 0 Å². The number of allylic oxidation sites excluding steroid dienone is 4. The lowest BCUT2D eigenvalue weighted by molar-refractivity contribution is 0.424. The third-order valence-electron chi connectivity index (χ3n) is 6.59. The summed E-state index contributed by atoms with van der Waals surface area (Å²) in [7, 11) is -3.34. The Labute approximate surface area is 146 Å². The Morgan fingerprint density at radius 3 is 1.48 bits per heavy atom. The molecule has 4 unspecified atom stereocenters. The van der Waals surface area contributed by atoms with Gasteiger partial charge in [0.25, 0.3) is 0 Å². The van der Waals surface area contributed by atoms with Crippen LogP contribution in [0.15, 0.2) is 24.3 Å². The maximum absolute atomic E-state index is 7.07. The summed E-state index contributed by atoms with van der Waals surface area (Å²) >= 11 is 0. The molecular formula is C20H38OSi2. The molecule has 3 heteroatoms. The van der Waals surface area contributed by atoms with E-state index in [9.17, 15) is 0 Å². The van der Waals surface area contributed by atoms with Crippen LogP contribution in [0.25, 0.3) is 0 Å². The van der Waals surface area contributed by atoms with Crippen LogP contribution < -0.4 is 0 Å². The molecule has 0 fully saturated rings. The molecule has 0 radical (unpaired) electrons. The second kappa shape index (κ2) is 7.84. The maximum Gasteiger partial charge on any atom is 0.176 e. The molecule has 2 aliphatic carbocycles. The summed E-state index contributed by atoms with van der Waals surface area (Å²) in [6.07, 6.45) is 17.7. The van der Waals surface area contributed by atoms with Crippen molar-refractivity contribution in [2.24, 2.45) is 11.8 Å². The number of hydrogen-bond acceptors (Lipinski definition) is 1. The molecule has 132 valence electrons. The minimum atomic E-state index is -1.67. The zero-order valence-electron chi connectivity index (χ0n) is 16.3. The van der Waals surface area contributed by atoms with Crippen LogP contribution in [0.4, 0.5) is 0 Å². The fourth-order valence-electron chi connectivity index (χ4n) is 4.41. The van der Waals surface area contributed by atoms with Crippen molar-refractivity contribution < 1.29 is 4.12 Å². The van der Waals surface area contributed by atoms with Gasteiger partial charge in [-0.3, -0.25) is 0 Å². The Bertz CT molecular complexity index is 399. The first-order valence-corrected chi connectivity index (χ1v) is 15.7. The van der Waals surface area contributed by atoms with Crippen molar-refractivity contribution in [3.05, 3.63) is 24.3 Å². The van der Waals surface area contributed by atoms with Gasteiger partial charge in [-0.1, -0.05) is 38.2 Å². The molecule has 0 aromatic heterocycles. The molecule has 0 aliphatic heterocycles. The number of rotatable bonds is 6. The fraction of sp³-hybridized carbons (Fsp3) is 0.800. The van der Waals surface area contributed by atoms with Crippen molar-refractivity contribution in [2.45, 2.75) is 89.6 Å². The monoisotopic (exact) mass is 350 g/mol. The Morgan fingerprint density at radius 1 is 0.783 bits per heavy atom. The van der Waals surface area contributed by atoms with E-state index in [0.717, 1.165) is 22.9 Å². The zero-order valence-corrected chi connectivity index (χ0v) is 18.3. The average Bonchev–Trinajstić information content (AvgIpc) is 2.54. The van der Waals surface area contributed by atoms with Gasteiger partial charge in [-0.25, -0.2) is 0 Å². The van der Waals surface area contributed by atoms with E-state index in [1.165, 1.54) is 38.5 Å². The predicted molar refractivity (Wildman–Crippen MR) is 108 cm³/mol. The molecule has 4 atom stereocenters. The average molecular weight is 351 g/mol. The van der Waals surface area contributed by atoms with Gasteiger partial charge in [0.05, 0.1) is 0 Å². The van der Waals surface area contributed by atoms with Crippen LogP contribution in [-0.2, 0) is 4.12 Å². The van der Waals surface area contributed by atoms with E-state index in [2.05, 4.69) is 64.3 Å². The highest BCUT2D eigenvalue weighted by molar-refractivity contribution is 6.86. The summed E-state index contributed by atoms with van der Waals surface area (Å²) in [5.74, 6) is 1.50. The van der Waals surface area contributed by atoms with E-state index < -0.39 is 16.6 Å². The molecule has 0 heterocycles. The van der Waals surface area contributed by atoms with Crippen molar-refractivity contribution in [3.8, 4) is 0 Å². The molecule has 0 saturated heterocycles. The minimum absolute atomic E-state index is 0.722. The van der Waals surface area contributed by atoms with Crippen molar-refractivity contribution in [2.75, 3.05) is 0 Å². The van der Waals surface area contributed by atoms with Gasteiger partial charge in [0.2, 0.25) is 0 Å². The summed E-state index contributed by atoms with van der Waals surface area (Å²) in [6, 6.07) is 0. The van der Waals surface area contributed by atoms with E-state index in [-0.39, 0.29) is 0 Å². The van der Waals surface area contributed by atoms with Gasteiger partial charge >= 0.3 is 0 Å². The van der Waals surface area contributed by atoms with E-state index in [4.69, 9.17) is 4.12 Å². The van der Waals surface area contributed by atoms with Gasteiger partial charge in [-0.2, -0.15) is 0 Å². The van der Waals surface area contributed by atoms with Crippen LogP contribution in [0.3, 0.4) is 0 Å². The number of hydrogen-bond donors (Lipinski definition) is 0. The largest absolute Gasteiger partial charge is 0.455 e. The molecule has 2 aliphatic rings. The standard InChI is InChI=1S/C20H38OSi2/c1-17(19-13-9-7-10-14-19)22(3,4)21-23(5,6)18(2)20-15-11-8-12-16-20/h9,11,13,15,17-20H,7-8,10,12,14,16H2,1-6H3. The molecule has 0 spiro atoms. The SMILES string of the molecule is CC(C1C=CCCC1)[Si](C)(C)O[Si](C)(C)C(C)C1C=CCCC1. The molecule has 0 saturated carbocycles. The van der Waals surface area contributed by atoms with Crippen molar-refractivity contribution in [1.82, 2.24) is 0 Å². The molecule has 0 N–H and O–H groups in total. The summed E-state index contributed by atoms with van der Waals surface area (Å²) in [4.78, 5) is 0. The Hall–Kier alpha value is -0.126. The van der Waals surface area contributed by atoms with E-state index in [1.807, 2.05) is 0 Å². The highest BCUT2D eigenvalue weighted by Gasteiger charge is 2.43. The molecule has 2 rings (SSSR count). The minimum Gasteiger partial charge on any atom is -0.455 e. The van der Waals surface area contributed by atoms with E-state index in [0.29, 0.717) is 0 Å².